The molecule has 1 saturated carbocycles. The van der Waals surface area contributed by atoms with Crippen LogP contribution in [-0.4, -0.2) is 100 Å². The molecule has 352 valence electrons. The number of aliphatic hydroxyl groups is 2. The van der Waals surface area contributed by atoms with Crippen molar-refractivity contribution in [2.45, 2.75) is 127 Å². The van der Waals surface area contributed by atoms with E-state index < -0.39 is 34.8 Å². The molecule has 0 bridgehead atoms. The number of dihydropyridines is 1. The molecule has 1 saturated heterocycles. The standard InChI is InChI=1S/C50H66N4O9S2/c1-7-28(4)47(59)63-49(5)13-12-30-26-64-65-41-17-35(25-56)45(52-6)38-23-54(46(38)41)43(58)18-34-22-53-42(51)19-37(34)44(30)50(49)21-33-16-31-15-32(48(60)61-39(31)20-40(33)62-50)14-29(24-55)9-11-36(57)10-8-27(2)3/h7,12,15-16,19-20,25,27,29,35-36,38,41,44-46,52-53,55,57H,8-11,13-14,17-18,21-24,26,51H2,1-6H3/b28-7+/t29-,35-,36-,38-,41-,44-,45-,46-,49-,50-/m1/s1. The summed E-state index contributed by atoms with van der Waals surface area (Å²) in [6.45, 7) is 10.5. The number of carbonyl (C=O) groups is 3. The second kappa shape index (κ2) is 19.3. The molecule has 1 aromatic carbocycles. The third-order valence-corrected chi connectivity index (χ3v) is 18.0. The van der Waals surface area contributed by atoms with Crippen LogP contribution in [-0.2, 0) is 32.0 Å². The van der Waals surface area contributed by atoms with Crippen molar-refractivity contribution in [2.24, 2.45) is 35.3 Å². The highest BCUT2D eigenvalue weighted by atomic mass is 33.1. The van der Waals surface area contributed by atoms with Crippen LogP contribution in [0, 0.1) is 29.6 Å². The Labute approximate surface area is 389 Å². The molecule has 6 aliphatic rings. The number of nitrogens with zero attached hydrogens (tertiary/aromatic N) is 1. The minimum Gasteiger partial charge on any atom is -0.481 e. The first-order valence-corrected chi connectivity index (χ1v) is 25.8. The average Bonchev–Trinajstić information content (AvgIpc) is 3.64. The minimum absolute atomic E-state index is 0.0127. The van der Waals surface area contributed by atoms with Gasteiger partial charge in [0.15, 0.2) is 11.2 Å². The maximum absolute atomic E-state index is 14.6. The van der Waals surface area contributed by atoms with Crippen molar-refractivity contribution in [1.29, 1.82) is 0 Å². The minimum atomic E-state index is -1.23. The second-order valence-corrected chi connectivity index (χ2v) is 22.4. The van der Waals surface area contributed by atoms with Crippen molar-refractivity contribution in [3.8, 4) is 5.75 Å². The van der Waals surface area contributed by atoms with Gasteiger partial charge < -0.3 is 50.2 Å². The van der Waals surface area contributed by atoms with Crippen LogP contribution in [0.1, 0.15) is 90.7 Å². The molecule has 2 aromatic rings. The lowest BCUT2D eigenvalue weighted by Gasteiger charge is -2.58. The summed E-state index contributed by atoms with van der Waals surface area (Å²) in [6, 6.07) is 5.61. The number of ether oxygens (including phenoxy) is 2. The predicted molar refractivity (Wildman–Crippen MR) is 255 cm³/mol. The number of benzene rings is 1. The van der Waals surface area contributed by atoms with E-state index in [2.05, 4.69) is 30.6 Å². The van der Waals surface area contributed by atoms with Crippen LogP contribution in [0.25, 0.3) is 11.0 Å². The van der Waals surface area contributed by atoms with Crippen LogP contribution in [0.4, 0.5) is 0 Å². The molecule has 1 amide bonds. The van der Waals surface area contributed by atoms with Crippen LogP contribution in [0.3, 0.4) is 0 Å². The summed E-state index contributed by atoms with van der Waals surface area (Å²) in [6.07, 6.45) is 11.0. The molecule has 0 unspecified atom stereocenters. The Morgan fingerprint density at radius 3 is 2.69 bits per heavy atom. The van der Waals surface area contributed by atoms with E-state index in [0.717, 1.165) is 35.0 Å². The van der Waals surface area contributed by atoms with Gasteiger partial charge in [-0.05, 0) is 113 Å². The summed E-state index contributed by atoms with van der Waals surface area (Å²) in [5, 5.41) is 28.4. The van der Waals surface area contributed by atoms with Gasteiger partial charge >= 0.3 is 11.6 Å². The third kappa shape index (κ3) is 9.08. The molecule has 65 heavy (non-hydrogen) atoms. The van der Waals surface area contributed by atoms with E-state index in [1.54, 1.807) is 47.6 Å². The zero-order valence-electron chi connectivity index (χ0n) is 38.5. The van der Waals surface area contributed by atoms with Gasteiger partial charge in [-0.3, -0.25) is 4.79 Å². The average molecular weight is 931 g/mol. The van der Waals surface area contributed by atoms with Crippen LogP contribution in [0.2, 0.25) is 0 Å². The monoisotopic (exact) mass is 930 g/mol. The van der Waals surface area contributed by atoms with Gasteiger partial charge in [0, 0.05) is 84.0 Å². The Bertz CT molecular complexity index is 2380. The third-order valence-electron chi connectivity index (χ3n) is 15.2. The molecule has 10 atom stereocenters. The molecule has 2 aliphatic carbocycles. The Hall–Kier alpha value is -4.02. The number of aldehydes is 1. The number of aliphatic hydroxyl groups excluding tert-OH is 2. The number of nitrogens with two attached hydrogens (primary N) is 1. The highest BCUT2D eigenvalue weighted by molar-refractivity contribution is 8.77. The number of nitrogens with one attached hydrogen (secondary N) is 2. The second-order valence-electron chi connectivity index (χ2n) is 19.8. The fraction of sp³-hybridized carbons (Fsp3) is 0.600. The largest absolute Gasteiger partial charge is 0.481 e. The smallest absolute Gasteiger partial charge is 0.339 e. The molecule has 15 heteroatoms. The van der Waals surface area contributed by atoms with Gasteiger partial charge in [-0.1, -0.05) is 53.2 Å². The van der Waals surface area contributed by atoms with Gasteiger partial charge in [-0.25, -0.2) is 9.59 Å². The van der Waals surface area contributed by atoms with Crippen molar-refractivity contribution in [2.75, 3.05) is 32.5 Å². The molecule has 1 aromatic heterocycles. The highest BCUT2D eigenvalue weighted by Gasteiger charge is 2.64. The van der Waals surface area contributed by atoms with Crippen LogP contribution in [0.5, 0.6) is 5.75 Å². The molecule has 1 spiro atoms. The molecule has 13 nitrogen and oxygen atoms in total. The first kappa shape index (κ1) is 47.5. The molecule has 6 N–H and O–H groups in total. The molecular formula is C50H66N4O9S2. The van der Waals surface area contributed by atoms with Crippen LogP contribution in [0.15, 0.2) is 73.8 Å². The Morgan fingerprint density at radius 2 is 1.97 bits per heavy atom. The van der Waals surface area contributed by atoms with E-state index in [9.17, 15) is 29.4 Å². The zero-order chi connectivity index (χ0) is 46.4. The van der Waals surface area contributed by atoms with E-state index in [0.29, 0.717) is 103 Å². The number of hydrogen-bond donors (Lipinski definition) is 5. The molecule has 8 rings (SSSR count). The van der Waals surface area contributed by atoms with Gasteiger partial charge in [0.2, 0.25) is 5.91 Å². The number of esters is 1. The van der Waals surface area contributed by atoms with Gasteiger partial charge in [0.05, 0.1) is 30.3 Å². The lowest BCUT2D eigenvalue weighted by Crippen LogP contribution is -2.71. The van der Waals surface area contributed by atoms with Crippen molar-refractivity contribution in [3.05, 3.63) is 86.1 Å². The van der Waals surface area contributed by atoms with Gasteiger partial charge in [-0.2, -0.15) is 0 Å². The maximum atomic E-state index is 14.6. The summed E-state index contributed by atoms with van der Waals surface area (Å²) >= 11 is 0. The number of carbonyl (C=O) groups excluding carboxylic acids is 3. The van der Waals surface area contributed by atoms with Crippen molar-refractivity contribution in [3.63, 3.8) is 0 Å². The predicted octanol–water partition coefficient (Wildman–Crippen LogP) is 5.90. The van der Waals surface area contributed by atoms with Gasteiger partial charge in [0.1, 0.15) is 17.6 Å². The van der Waals surface area contributed by atoms with Crippen LogP contribution >= 0.6 is 21.6 Å². The van der Waals surface area contributed by atoms with Gasteiger partial charge in [-0.15, -0.1) is 0 Å². The van der Waals surface area contributed by atoms with Crippen molar-refractivity contribution >= 4 is 50.7 Å². The number of hydrogen-bond acceptors (Lipinski definition) is 14. The quantitative estimate of drug-likeness (QED) is 0.0398. The normalized spacial score (nSPS) is 30.9. The molecule has 2 fully saturated rings. The van der Waals surface area contributed by atoms with Crippen molar-refractivity contribution < 1.29 is 38.5 Å². The lowest BCUT2D eigenvalue weighted by atomic mass is 9.61. The van der Waals surface area contributed by atoms with E-state index >= 15 is 0 Å². The SMILES string of the molecule is C/C=C(\C)C(=O)O[C@]1(C)CC=C2CSS[C@@H]3C[C@H](C=O)[C@@H](NC)[C@H]4CN(C(=O)CC5=C(C=C(N)NC5)[C@@H]2[C@]12Cc1cc5cc(C[C@H](CO)CC[C@H](O)CCC(C)C)c(=O)oc5cc1O2)[C@H]43. The highest BCUT2D eigenvalue weighted by Crippen LogP contribution is 2.58. The van der Waals surface area contributed by atoms with E-state index in [4.69, 9.17) is 19.6 Å². The fourth-order valence-corrected chi connectivity index (χ4v) is 14.5. The Morgan fingerprint density at radius 1 is 1.18 bits per heavy atom. The molecule has 0 radical (unpaired) electrons. The first-order chi connectivity index (χ1) is 31.1. The maximum Gasteiger partial charge on any atom is 0.339 e. The van der Waals surface area contributed by atoms with E-state index in [-0.39, 0.29) is 54.0 Å². The first-order valence-electron chi connectivity index (χ1n) is 23.4. The summed E-state index contributed by atoms with van der Waals surface area (Å²) in [5.74, 6) is 0.925. The summed E-state index contributed by atoms with van der Waals surface area (Å²) < 4.78 is 20.0. The number of fused-ring (bicyclic) bond motifs is 5. The van der Waals surface area contributed by atoms with Crippen LogP contribution < -0.4 is 26.7 Å². The molecule has 4 aliphatic heterocycles. The Kier molecular flexibility index (Phi) is 14.1. The fourth-order valence-electron chi connectivity index (χ4n) is 11.3. The van der Waals surface area contributed by atoms with E-state index in [1.165, 1.54) is 0 Å². The van der Waals surface area contributed by atoms with Gasteiger partial charge in [0.25, 0.3) is 0 Å². The molecule has 5 heterocycles. The zero-order valence-corrected chi connectivity index (χ0v) is 40.2. The number of allylic oxidation sites excluding steroid dienone is 2. The number of rotatable bonds is 13. The lowest BCUT2D eigenvalue weighted by molar-refractivity contribution is -0.186. The Balaban J connectivity index is 1.19. The van der Waals surface area contributed by atoms with Crippen molar-refractivity contribution in [1.82, 2.24) is 15.5 Å². The molecular weight excluding hydrogens is 865 g/mol. The number of amides is 1. The summed E-state index contributed by atoms with van der Waals surface area (Å²) in [7, 11) is 5.37. The summed E-state index contributed by atoms with van der Waals surface area (Å²) in [5.41, 5.74) is 8.59. The topological polar surface area (TPSA) is 194 Å². The summed E-state index contributed by atoms with van der Waals surface area (Å²) in [4.78, 5) is 56.4. The van der Waals surface area contributed by atoms with E-state index in [1.807, 2.05) is 37.1 Å².